The smallest absolute Gasteiger partial charge is 0.223 e. The van der Waals surface area contributed by atoms with Crippen LogP contribution in [0.25, 0.3) is 0 Å². The molecule has 0 fully saturated rings. The Hall–Kier alpha value is -2.07. The van der Waals surface area contributed by atoms with E-state index in [-0.39, 0.29) is 11.9 Å². The number of amides is 1. The fourth-order valence-electron chi connectivity index (χ4n) is 1.85. The first-order valence-electron chi connectivity index (χ1n) is 6.18. The number of methoxy groups -OCH3 is 1. The molecule has 0 saturated carbocycles. The SMILES string of the molecule is COCCC(=O)N[C@@H](c1ccccc1)c1ccco1. The molecule has 0 aliphatic heterocycles. The molecule has 1 heterocycles. The molecule has 0 aliphatic rings. The molecule has 1 aromatic carbocycles. The fraction of sp³-hybridized carbons (Fsp3) is 0.267. The van der Waals surface area contributed by atoms with Crippen LogP contribution in [0, 0.1) is 0 Å². The summed E-state index contributed by atoms with van der Waals surface area (Å²) in [6, 6.07) is 13.1. The van der Waals surface area contributed by atoms with Crippen LogP contribution in [0.3, 0.4) is 0 Å². The number of hydrogen-bond acceptors (Lipinski definition) is 3. The molecule has 19 heavy (non-hydrogen) atoms. The van der Waals surface area contributed by atoms with Gasteiger partial charge in [-0.1, -0.05) is 30.3 Å². The summed E-state index contributed by atoms with van der Waals surface area (Å²) < 4.78 is 10.3. The van der Waals surface area contributed by atoms with E-state index in [0.717, 1.165) is 11.3 Å². The largest absolute Gasteiger partial charge is 0.467 e. The summed E-state index contributed by atoms with van der Waals surface area (Å²) in [5, 5.41) is 2.96. The Morgan fingerprint density at radius 3 is 2.68 bits per heavy atom. The Bertz CT molecular complexity index is 493. The van der Waals surface area contributed by atoms with E-state index >= 15 is 0 Å². The monoisotopic (exact) mass is 259 g/mol. The van der Waals surface area contributed by atoms with E-state index in [1.807, 2.05) is 42.5 Å². The molecule has 4 heteroatoms. The quantitative estimate of drug-likeness (QED) is 0.867. The van der Waals surface area contributed by atoms with Crippen molar-refractivity contribution in [2.75, 3.05) is 13.7 Å². The first-order chi connectivity index (χ1) is 9.31. The third-order valence-corrected chi connectivity index (χ3v) is 2.80. The Labute approximate surface area is 112 Å². The van der Waals surface area contributed by atoms with Gasteiger partial charge in [0.25, 0.3) is 0 Å². The summed E-state index contributed by atoms with van der Waals surface area (Å²) in [5.41, 5.74) is 0.989. The van der Waals surface area contributed by atoms with Gasteiger partial charge in [0.15, 0.2) is 0 Å². The van der Waals surface area contributed by atoms with Gasteiger partial charge in [-0.25, -0.2) is 0 Å². The zero-order valence-corrected chi connectivity index (χ0v) is 10.8. The van der Waals surface area contributed by atoms with Crippen LogP contribution in [-0.2, 0) is 9.53 Å². The number of carbonyl (C=O) groups excluding carboxylic acids is 1. The van der Waals surface area contributed by atoms with Crippen LogP contribution in [0.4, 0.5) is 0 Å². The second-order valence-electron chi connectivity index (χ2n) is 4.17. The third kappa shape index (κ3) is 3.69. The van der Waals surface area contributed by atoms with Gasteiger partial charge in [-0.2, -0.15) is 0 Å². The van der Waals surface area contributed by atoms with Gasteiger partial charge in [-0.3, -0.25) is 4.79 Å². The molecule has 0 radical (unpaired) electrons. The number of benzene rings is 1. The minimum atomic E-state index is -0.263. The van der Waals surface area contributed by atoms with E-state index in [0.29, 0.717) is 13.0 Å². The summed E-state index contributed by atoms with van der Waals surface area (Å²) in [4.78, 5) is 11.8. The lowest BCUT2D eigenvalue weighted by Gasteiger charge is -2.17. The predicted octanol–water partition coefficient (Wildman–Crippen LogP) is 2.52. The third-order valence-electron chi connectivity index (χ3n) is 2.80. The molecule has 4 nitrogen and oxygen atoms in total. The Balaban J connectivity index is 2.14. The van der Waals surface area contributed by atoms with Crippen molar-refractivity contribution in [3.8, 4) is 0 Å². The maximum Gasteiger partial charge on any atom is 0.223 e. The lowest BCUT2D eigenvalue weighted by molar-refractivity contribution is -0.122. The summed E-state index contributed by atoms with van der Waals surface area (Å²) in [5.74, 6) is 0.657. The van der Waals surface area contributed by atoms with Crippen molar-refractivity contribution < 1.29 is 13.9 Å². The maximum absolute atomic E-state index is 11.8. The highest BCUT2D eigenvalue weighted by Gasteiger charge is 2.18. The van der Waals surface area contributed by atoms with Crippen LogP contribution >= 0.6 is 0 Å². The normalized spacial score (nSPS) is 12.1. The van der Waals surface area contributed by atoms with Gasteiger partial charge in [-0.05, 0) is 17.7 Å². The molecule has 1 N–H and O–H groups in total. The van der Waals surface area contributed by atoms with Gasteiger partial charge in [0.2, 0.25) is 5.91 Å². The zero-order chi connectivity index (χ0) is 13.5. The second-order valence-corrected chi connectivity index (χ2v) is 4.17. The molecule has 0 unspecified atom stereocenters. The molecule has 1 atom stereocenters. The van der Waals surface area contributed by atoms with Crippen molar-refractivity contribution in [1.82, 2.24) is 5.32 Å². The molecule has 0 saturated heterocycles. The first-order valence-corrected chi connectivity index (χ1v) is 6.18. The molecule has 0 aliphatic carbocycles. The highest BCUT2D eigenvalue weighted by molar-refractivity contribution is 5.77. The molecule has 2 aromatic rings. The molecule has 1 aromatic heterocycles. The minimum Gasteiger partial charge on any atom is -0.467 e. The summed E-state index contributed by atoms with van der Waals surface area (Å²) >= 11 is 0. The van der Waals surface area contributed by atoms with Crippen molar-refractivity contribution >= 4 is 5.91 Å². The van der Waals surface area contributed by atoms with Crippen LogP contribution in [0.1, 0.15) is 23.8 Å². The Morgan fingerprint density at radius 1 is 1.26 bits per heavy atom. The van der Waals surface area contributed by atoms with Crippen LogP contribution in [0.15, 0.2) is 53.1 Å². The van der Waals surface area contributed by atoms with Crippen LogP contribution in [0.5, 0.6) is 0 Å². The molecular weight excluding hydrogens is 242 g/mol. The van der Waals surface area contributed by atoms with E-state index in [4.69, 9.17) is 9.15 Å². The van der Waals surface area contributed by atoms with E-state index in [2.05, 4.69) is 5.32 Å². The average molecular weight is 259 g/mol. The highest BCUT2D eigenvalue weighted by Crippen LogP contribution is 2.22. The lowest BCUT2D eigenvalue weighted by Crippen LogP contribution is -2.29. The predicted molar refractivity (Wildman–Crippen MR) is 71.6 cm³/mol. The second kappa shape index (κ2) is 6.75. The van der Waals surface area contributed by atoms with Crippen molar-refractivity contribution in [2.45, 2.75) is 12.5 Å². The van der Waals surface area contributed by atoms with Gasteiger partial charge in [0.05, 0.1) is 12.9 Å². The number of nitrogens with one attached hydrogen (secondary N) is 1. The number of ether oxygens (including phenoxy) is 1. The van der Waals surface area contributed by atoms with Gasteiger partial charge in [-0.15, -0.1) is 0 Å². The zero-order valence-electron chi connectivity index (χ0n) is 10.8. The lowest BCUT2D eigenvalue weighted by atomic mass is 10.0. The van der Waals surface area contributed by atoms with Gasteiger partial charge in [0.1, 0.15) is 11.8 Å². The molecule has 0 bridgehead atoms. The minimum absolute atomic E-state index is 0.0629. The Morgan fingerprint density at radius 2 is 2.05 bits per heavy atom. The van der Waals surface area contributed by atoms with E-state index in [9.17, 15) is 4.79 Å². The van der Waals surface area contributed by atoms with E-state index < -0.39 is 0 Å². The van der Waals surface area contributed by atoms with Crippen LogP contribution in [-0.4, -0.2) is 19.6 Å². The first kappa shape index (κ1) is 13.4. The standard InChI is InChI=1S/C15H17NO3/c1-18-11-9-14(17)16-15(13-8-5-10-19-13)12-6-3-2-4-7-12/h2-8,10,15H,9,11H2,1H3,(H,16,17)/t15-/m0/s1. The van der Waals surface area contributed by atoms with Gasteiger partial charge < -0.3 is 14.5 Å². The topological polar surface area (TPSA) is 51.5 Å². The van der Waals surface area contributed by atoms with Crippen molar-refractivity contribution in [3.63, 3.8) is 0 Å². The average Bonchev–Trinajstić information content (AvgIpc) is 2.97. The fourth-order valence-corrected chi connectivity index (χ4v) is 1.85. The van der Waals surface area contributed by atoms with Gasteiger partial charge >= 0.3 is 0 Å². The summed E-state index contributed by atoms with van der Waals surface area (Å²) in [6.45, 7) is 0.408. The van der Waals surface area contributed by atoms with E-state index in [1.165, 1.54) is 0 Å². The Kier molecular flexibility index (Phi) is 4.75. The molecule has 2 rings (SSSR count). The molecular formula is C15H17NO3. The van der Waals surface area contributed by atoms with Crippen LogP contribution < -0.4 is 5.32 Å². The number of hydrogen-bond donors (Lipinski definition) is 1. The van der Waals surface area contributed by atoms with Crippen LogP contribution in [0.2, 0.25) is 0 Å². The molecule has 1 amide bonds. The molecule has 100 valence electrons. The number of furan rings is 1. The van der Waals surface area contributed by atoms with Crippen molar-refractivity contribution in [1.29, 1.82) is 0 Å². The number of carbonyl (C=O) groups is 1. The van der Waals surface area contributed by atoms with Crippen molar-refractivity contribution in [2.24, 2.45) is 0 Å². The highest BCUT2D eigenvalue weighted by atomic mass is 16.5. The van der Waals surface area contributed by atoms with Crippen molar-refractivity contribution in [3.05, 3.63) is 60.1 Å². The van der Waals surface area contributed by atoms with Gasteiger partial charge in [0, 0.05) is 13.5 Å². The molecule has 0 spiro atoms. The maximum atomic E-state index is 11.8. The van der Waals surface area contributed by atoms with E-state index in [1.54, 1.807) is 13.4 Å². The summed E-state index contributed by atoms with van der Waals surface area (Å²) in [7, 11) is 1.58. The summed E-state index contributed by atoms with van der Waals surface area (Å²) in [6.07, 6.45) is 1.94. The number of rotatable bonds is 6.